The minimum Gasteiger partial charge on any atom is -0.481 e. The standard InChI is InChI=1S/C14H26N2O4/c1-4-10(7-12(17)18)9-15-13(19)16-11-5-6-20-14(2,3)8-11/h10-11H,4-9H2,1-3H3,(H,17,18)(H2,15,16,19). The Balaban J connectivity index is 2.30. The van der Waals surface area contributed by atoms with E-state index in [1.165, 1.54) is 0 Å². The molecule has 0 bridgehead atoms. The third-order valence-electron chi connectivity index (χ3n) is 3.62. The van der Waals surface area contributed by atoms with Crippen LogP contribution in [0.25, 0.3) is 0 Å². The minimum absolute atomic E-state index is 0.0237. The number of hydrogen-bond acceptors (Lipinski definition) is 3. The molecule has 6 nitrogen and oxygen atoms in total. The number of carbonyl (C=O) groups excluding carboxylic acids is 1. The molecule has 1 aliphatic heterocycles. The first-order valence-corrected chi connectivity index (χ1v) is 7.22. The maximum atomic E-state index is 11.8. The first kappa shape index (κ1) is 16.8. The Labute approximate surface area is 120 Å². The number of aliphatic carboxylic acids is 1. The molecule has 2 atom stereocenters. The summed E-state index contributed by atoms with van der Waals surface area (Å²) in [4.78, 5) is 22.5. The molecular formula is C14H26N2O4. The summed E-state index contributed by atoms with van der Waals surface area (Å²) in [5.41, 5.74) is -0.203. The summed E-state index contributed by atoms with van der Waals surface area (Å²) in [5.74, 6) is -0.852. The van der Waals surface area contributed by atoms with Gasteiger partial charge in [0.2, 0.25) is 0 Å². The van der Waals surface area contributed by atoms with Crippen LogP contribution >= 0.6 is 0 Å². The molecular weight excluding hydrogens is 260 g/mol. The van der Waals surface area contributed by atoms with Crippen molar-refractivity contribution in [2.24, 2.45) is 5.92 Å². The van der Waals surface area contributed by atoms with Gasteiger partial charge in [-0.2, -0.15) is 0 Å². The van der Waals surface area contributed by atoms with Gasteiger partial charge in [0.05, 0.1) is 5.60 Å². The Morgan fingerprint density at radius 3 is 2.70 bits per heavy atom. The van der Waals surface area contributed by atoms with Gasteiger partial charge in [-0.05, 0) is 32.6 Å². The number of ether oxygens (including phenoxy) is 1. The van der Waals surface area contributed by atoms with Crippen molar-refractivity contribution in [2.75, 3.05) is 13.2 Å². The number of rotatable bonds is 6. The van der Waals surface area contributed by atoms with Crippen LogP contribution in [0.2, 0.25) is 0 Å². The van der Waals surface area contributed by atoms with E-state index in [-0.39, 0.29) is 30.0 Å². The lowest BCUT2D eigenvalue weighted by Crippen LogP contribution is -2.49. The summed E-state index contributed by atoms with van der Waals surface area (Å²) >= 11 is 0. The molecule has 0 radical (unpaired) electrons. The van der Waals surface area contributed by atoms with E-state index in [0.717, 1.165) is 19.3 Å². The van der Waals surface area contributed by atoms with Crippen LogP contribution in [-0.2, 0) is 9.53 Å². The van der Waals surface area contributed by atoms with Gasteiger partial charge >= 0.3 is 12.0 Å². The van der Waals surface area contributed by atoms with Crippen LogP contribution < -0.4 is 10.6 Å². The highest BCUT2D eigenvalue weighted by atomic mass is 16.5. The van der Waals surface area contributed by atoms with Crippen molar-refractivity contribution in [3.63, 3.8) is 0 Å². The summed E-state index contributed by atoms with van der Waals surface area (Å²) in [6.45, 7) is 6.99. The highest BCUT2D eigenvalue weighted by Crippen LogP contribution is 2.23. The van der Waals surface area contributed by atoms with Crippen LogP contribution in [0.1, 0.15) is 46.5 Å². The quantitative estimate of drug-likeness (QED) is 0.694. The van der Waals surface area contributed by atoms with Gasteiger partial charge in [0, 0.05) is 25.6 Å². The third kappa shape index (κ3) is 6.23. The van der Waals surface area contributed by atoms with E-state index < -0.39 is 5.97 Å². The second-order valence-corrected chi connectivity index (χ2v) is 6.02. The molecule has 0 aromatic carbocycles. The van der Waals surface area contributed by atoms with Crippen LogP contribution in [0.3, 0.4) is 0 Å². The smallest absolute Gasteiger partial charge is 0.315 e. The lowest BCUT2D eigenvalue weighted by Gasteiger charge is -2.35. The van der Waals surface area contributed by atoms with Crippen molar-refractivity contribution in [1.82, 2.24) is 10.6 Å². The summed E-state index contributed by atoms with van der Waals surface area (Å²) in [7, 11) is 0. The lowest BCUT2D eigenvalue weighted by atomic mass is 9.94. The number of carboxylic acids is 1. The molecule has 3 N–H and O–H groups in total. The second-order valence-electron chi connectivity index (χ2n) is 6.02. The molecule has 116 valence electrons. The maximum Gasteiger partial charge on any atom is 0.315 e. The van der Waals surface area contributed by atoms with Gasteiger partial charge in [0.25, 0.3) is 0 Å². The van der Waals surface area contributed by atoms with Crippen molar-refractivity contribution < 1.29 is 19.4 Å². The molecule has 0 aromatic rings. The number of carbonyl (C=O) groups is 2. The zero-order valence-electron chi connectivity index (χ0n) is 12.6. The Bertz CT molecular complexity index is 344. The highest BCUT2D eigenvalue weighted by molar-refractivity contribution is 5.74. The van der Waals surface area contributed by atoms with Crippen LogP contribution in [0.4, 0.5) is 4.79 Å². The molecule has 2 amide bonds. The van der Waals surface area contributed by atoms with Gasteiger partial charge in [0.1, 0.15) is 0 Å². The van der Waals surface area contributed by atoms with Crippen LogP contribution in [0.5, 0.6) is 0 Å². The lowest BCUT2D eigenvalue weighted by molar-refractivity contribution is -0.138. The fourth-order valence-corrected chi connectivity index (χ4v) is 2.44. The van der Waals surface area contributed by atoms with Gasteiger partial charge in [-0.15, -0.1) is 0 Å². The summed E-state index contributed by atoms with van der Waals surface area (Å²) in [6.07, 6.45) is 2.41. The fourth-order valence-electron chi connectivity index (χ4n) is 2.44. The van der Waals surface area contributed by atoms with E-state index in [0.29, 0.717) is 13.2 Å². The number of nitrogens with one attached hydrogen (secondary N) is 2. The molecule has 1 aliphatic rings. The third-order valence-corrected chi connectivity index (χ3v) is 3.62. The van der Waals surface area contributed by atoms with Crippen LogP contribution in [0, 0.1) is 5.92 Å². The predicted molar refractivity (Wildman–Crippen MR) is 75.6 cm³/mol. The van der Waals surface area contributed by atoms with E-state index >= 15 is 0 Å². The van der Waals surface area contributed by atoms with E-state index in [4.69, 9.17) is 9.84 Å². The number of hydrogen-bond donors (Lipinski definition) is 3. The number of urea groups is 1. The highest BCUT2D eigenvalue weighted by Gasteiger charge is 2.29. The van der Waals surface area contributed by atoms with Gasteiger partial charge in [-0.25, -0.2) is 4.79 Å². The molecule has 0 aromatic heterocycles. The van der Waals surface area contributed by atoms with Gasteiger partial charge in [0.15, 0.2) is 0 Å². The summed E-state index contributed by atoms with van der Waals surface area (Å²) in [5, 5.41) is 14.4. The summed E-state index contributed by atoms with van der Waals surface area (Å²) < 4.78 is 5.60. The normalized spacial score (nSPS) is 22.9. The largest absolute Gasteiger partial charge is 0.481 e. The SMILES string of the molecule is CCC(CNC(=O)NC1CCOC(C)(C)C1)CC(=O)O. The Kier molecular flexibility index (Phi) is 6.26. The molecule has 20 heavy (non-hydrogen) atoms. The Hall–Kier alpha value is -1.30. The predicted octanol–water partition coefficient (Wildman–Crippen LogP) is 1.74. The number of carboxylic acid groups (broad SMARTS) is 1. The zero-order valence-corrected chi connectivity index (χ0v) is 12.6. The van der Waals surface area contributed by atoms with E-state index in [2.05, 4.69) is 10.6 Å². The molecule has 2 unspecified atom stereocenters. The average Bonchev–Trinajstić information content (AvgIpc) is 2.32. The topological polar surface area (TPSA) is 87.7 Å². The monoisotopic (exact) mass is 286 g/mol. The van der Waals surface area contributed by atoms with Gasteiger partial charge in [-0.3, -0.25) is 4.79 Å². The Morgan fingerprint density at radius 2 is 2.15 bits per heavy atom. The zero-order chi connectivity index (χ0) is 15.2. The average molecular weight is 286 g/mol. The van der Waals surface area contributed by atoms with Crippen LogP contribution in [-0.4, -0.2) is 41.9 Å². The van der Waals surface area contributed by atoms with Crippen LogP contribution in [0.15, 0.2) is 0 Å². The van der Waals surface area contributed by atoms with Gasteiger partial charge < -0.3 is 20.5 Å². The summed E-state index contributed by atoms with van der Waals surface area (Å²) in [6, 6.07) is -0.116. The van der Waals surface area contributed by atoms with Crippen molar-refractivity contribution in [2.45, 2.75) is 58.1 Å². The molecule has 1 heterocycles. The molecule has 1 saturated heterocycles. The molecule has 0 aliphatic carbocycles. The Morgan fingerprint density at radius 1 is 1.45 bits per heavy atom. The van der Waals surface area contributed by atoms with Crippen molar-refractivity contribution >= 4 is 12.0 Å². The second kappa shape index (κ2) is 7.47. The van der Waals surface area contributed by atoms with E-state index in [1.54, 1.807) is 0 Å². The van der Waals surface area contributed by atoms with E-state index in [1.807, 2.05) is 20.8 Å². The molecule has 0 spiro atoms. The van der Waals surface area contributed by atoms with Crippen molar-refractivity contribution in [1.29, 1.82) is 0 Å². The van der Waals surface area contributed by atoms with Crippen molar-refractivity contribution in [3.8, 4) is 0 Å². The fraction of sp³-hybridized carbons (Fsp3) is 0.857. The molecule has 0 saturated carbocycles. The first-order chi connectivity index (χ1) is 9.32. The van der Waals surface area contributed by atoms with Gasteiger partial charge in [-0.1, -0.05) is 13.3 Å². The maximum absolute atomic E-state index is 11.8. The minimum atomic E-state index is -0.828. The van der Waals surface area contributed by atoms with Crippen molar-refractivity contribution in [3.05, 3.63) is 0 Å². The molecule has 1 fully saturated rings. The molecule has 6 heteroatoms. The molecule has 1 rings (SSSR count). The number of amides is 2. The first-order valence-electron chi connectivity index (χ1n) is 7.22. The van der Waals surface area contributed by atoms with E-state index in [9.17, 15) is 9.59 Å².